The highest BCUT2D eigenvalue weighted by atomic mass is 16.6. The minimum Gasteiger partial charge on any atom is -0.465 e. The smallest absolute Gasteiger partial charge is 0.347 e. The molecular formula is C111H199NO30. The molecular weight excluding hydrogens is 1830 g/mol. The average molecular weight is 2030 g/mol. The Hall–Kier alpha value is -8.46. The van der Waals surface area contributed by atoms with Gasteiger partial charge in [-0.25, -0.2) is 9.59 Å². The van der Waals surface area contributed by atoms with Crippen molar-refractivity contribution in [1.29, 1.82) is 5.26 Å². The summed E-state index contributed by atoms with van der Waals surface area (Å²) >= 11 is 0. The van der Waals surface area contributed by atoms with E-state index in [0.717, 1.165) is 70.6 Å². The molecule has 828 valence electrons. The summed E-state index contributed by atoms with van der Waals surface area (Å²) in [5, 5.41) is 9.31. The van der Waals surface area contributed by atoms with E-state index in [1.807, 2.05) is 132 Å². The number of rotatable bonds is 23. The first kappa shape index (κ1) is 142. The molecule has 142 heavy (non-hydrogen) atoms. The number of carbonyl (C=O) groups is 15. The summed E-state index contributed by atoms with van der Waals surface area (Å²) in [5.74, 6) is -1.61. The van der Waals surface area contributed by atoms with Gasteiger partial charge in [-0.05, 0) is 231 Å². The number of fused-ring (bicyclic) bond motifs is 3. The van der Waals surface area contributed by atoms with Crippen LogP contribution in [-0.4, -0.2) is 182 Å². The molecule has 0 aromatic carbocycles. The lowest BCUT2D eigenvalue weighted by atomic mass is 9.48. The molecule has 10 bridgehead atoms. The Bertz CT molecular complexity index is 4250. The first-order valence-electron chi connectivity index (χ1n) is 47.0. The molecule has 7 saturated heterocycles. The second kappa shape index (κ2) is 54.3. The van der Waals surface area contributed by atoms with E-state index < -0.39 is 96.2 Å². The molecule has 0 aromatic heterocycles. The largest absolute Gasteiger partial charge is 0.465 e. The summed E-state index contributed by atoms with van der Waals surface area (Å²) in [4.78, 5) is 178. The van der Waals surface area contributed by atoms with Crippen LogP contribution in [0.2, 0.25) is 0 Å². The van der Waals surface area contributed by atoms with E-state index in [0.29, 0.717) is 114 Å². The molecule has 31 heteroatoms. The Morgan fingerprint density at radius 2 is 0.817 bits per heavy atom. The zero-order valence-electron chi connectivity index (χ0n) is 79.8. The van der Waals surface area contributed by atoms with Crippen molar-refractivity contribution in [3.63, 3.8) is 0 Å². The molecule has 7 heterocycles. The van der Waals surface area contributed by atoms with E-state index in [4.69, 9.17) is 71.1 Å². The number of hydrogen-bond donors (Lipinski definition) is 0. The zero-order valence-corrected chi connectivity index (χ0v) is 79.8. The number of nitrogens with zero attached hydrogens (tertiary/aromatic N) is 1. The SMILES string of the molecule is C.C.C.C.C.C.C.C.C.C.C.C.C.C.CCC(C)(C)C(=O)OC1(C)CCOC(=O)C1.CCC(C)(C)C(=O)OC12CC3CC(C1)CC(C(=O)OC1CCOC1=O)(C3)C2.CCC(C)(C)C(=O)OC1C2CC3C(=O)OC1C3C2.CCC(C)(C)C(=O)OC1C2CC3C1OC(=O)C3(C#N)C2.CCC(C)(C)C(=O)OC1C2CC3C1OC(=O)C3C2C.CCC(C)(C)C(=O)OC1CCOC1=O.CCC(C)(C)C(=O)OC1COC(=O)C1. The first-order valence-corrected chi connectivity index (χ1v) is 47.0. The third-order valence-corrected chi connectivity index (χ3v) is 31.8. The fourth-order valence-corrected chi connectivity index (χ4v) is 20.4. The zero-order chi connectivity index (χ0) is 95.1. The Kier molecular flexibility index (Phi) is 54.3. The molecule has 17 rings (SSSR count). The van der Waals surface area contributed by atoms with E-state index in [1.165, 1.54) is 0 Å². The van der Waals surface area contributed by atoms with Crippen LogP contribution in [0.4, 0.5) is 0 Å². The number of cyclic esters (lactones) is 4. The van der Waals surface area contributed by atoms with Gasteiger partial charge in [0.2, 0.25) is 12.2 Å². The number of esters is 15. The van der Waals surface area contributed by atoms with Gasteiger partial charge in [-0.15, -0.1) is 0 Å². The van der Waals surface area contributed by atoms with Crippen molar-refractivity contribution in [2.45, 2.75) is 477 Å². The van der Waals surface area contributed by atoms with Crippen molar-refractivity contribution < 1.29 is 143 Å². The van der Waals surface area contributed by atoms with Crippen LogP contribution in [0.5, 0.6) is 0 Å². The predicted molar refractivity (Wildman–Crippen MR) is 547 cm³/mol. The van der Waals surface area contributed by atoms with E-state index >= 15 is 0 Å². The molecule has 0 N–H and O–H groups in total. The fourth-order valence-electron chi connectivity index (χ4n) is 20.4. The second-order valence-corrected chi connectivity index (χ2v) is 43.7. The van der Waals surface area contributed by atoms with Crippen molar-refractivity contribution in [3.05, 3.63) is 0 Å². The van der Waals surface area contributed by atoms with Gasteiger partial charge in [0.05, 0.1) is 93.9 Å². The predicted octanol–water partition coefficient (Wildman–Crippen LogP) is 22.6. The molecule has 7 aliphatic heterocycles. The van der Waals surface area contributed by atoms with E-state index in [-0.39, 0.29) is 267 Å². The lowest BCUT2D eigenvalue weighted by Crippen LogP contribution is -2.60. The van der Waals surface area contributed by atoms with Gasteiger partial charge in [0.15, 0.2) is 5.41 Å². The highest BCUT2D eigenvalue weighted by molar-refractivity contribution is 5.87. The lowest BCUT2D eigenvalue weighted by Gasteiger charge is -2.60. The number of carbonyl (C=O) groups excluding carboxylic acids is 15. The van der Waals surface area contributed by atoms with Gasteiger partial charge >= 0.3 is 89.5 Å². The van der Waals surface area contributed by atoms with E-state index in [2.05, 4.69) is 13.0 Å². The molecule has 0 spiro atoms. The number of nitriles is 1. The Morgan fingerprint density at radius 1 is 0.401 bits per heavy atom. The van der Waals surface area contributed by atoms with Gasteiger partial charge in [0.1, 0.15) is 60.5 Å². The van der Waals surface area contributed by atoms with Crippen LogP contribution in [-0.2, 0) is 143 Å². The van der Waals surface area contributed by atoms with Gasteiger partial charge < -0.3 is 71.1 Å². The van der Waals surface area contributed by atoms with Crippen molar-refractivity contribution >= 4 is 89.5 Å². The molecule has 10 saturated carbocycles. The summed E-state index contributed by atoms with van der Waals surface area (Å²) in [7, 11) is 0. The van der Waals surface area contributed by atoms with Crippen LogP contribution in [0.3, 0.4) is 0 Å². The molecule has 0 amide bonds. The van der Waals surface area contributed by atoms with Gasteiger partial charge in [-0.2, -0.15) is 5.26 Å². The van der Waals surface area contributed by atoms with Crippen LogP contribution in [0.15, 0.2) is 0 Å². The topological polar surface area (TPSA) is 418 Å². The Morgan fingerprint density at radius 3 is 1.25 bits per heavy atom. The van der Waals surface area contributed by atoms with Crippen LogP contribution in [0, 0.1) is 125 Å². The lowest BCUT2D eigenvalue weighted by molar-refractivity contribution is -0.219. The maximum Gasteiger partial charge on any atom is 0.347 e. The summed E-state index contributed by atoms with van der Waals surface area (Å²) in [6, 6.07) is 2.15. The minimum absolute atomic E-state index is 0. The van der Waals surface area contributed by atoms with Gasteiger partial charge in [-0.1, -0.05) is 159 Å². The van der Waals surface area contributed by atoms with Gasteiger partial charge in [0.25, 0.3) is 0 Å². The molecule has 17 fully saturated rings. The molecule has 0 radical (unpaired) electrons. The van der Waals surface area contributed by atoms with Crippen LogP contribution in [0.25, 0.3) is 0 Å². The molecule has 22 unspecified atom stereocenters. The Balaban J connectivity index is -0.000000511. The standard InChI is InChI=1S/C21H30O6.C15H19NO4.C15H22O4.C14H20O4.C12H20O4.2C10H16O4.14CH4/c1-4-19(2,3)17(23)27-21-10-13-7-14(11-21)9-20(8-13,12-21)18(24)26-15-5-6-25-16(15)22;1-4-14(2,3)12(17)19-10-8-5-9-11(10)20-13(18)15(9,6-8)7-16;1-5-15(3,4)14(17)19-11-8-6-9-10(7(8)2)13(16)18-12(9)11;1-4-14(2,3)13(16)18-10-7-5-8-9(6-7)12(15)17-11(8)10;1-5-11(2,3)10(14)16-12(4)6-7-15-9(13)8-12;1-4-10(2,3)9(12)14-7-5-8(11)13-6-7;1-4-10(2,3)9(12)14-7-5-6-13-8(7)11;;;;;;;;;;;;;;/h13-15H,4-12H2,1-3H3;8-11H,4-6H2,1-3H3;7-12H,5-6H2,1-4H3;7-11H,4-6H2,1-3H3;5-8H2,1-4H3;2*7H,4-6H2,1-3H3;14*1H4. The third-order valence-electron chi connectivity index (χ3n) is 31.8. The molecule has 10 aliphatic carbocycles. The first-order chi connectivity index (χ1) is 59.5. The molecule has 17 aliphatic rings. The van der Waals surface area contributed by atoms with Crippen LogP contribution < -0.4 is 0 Å². The van der Waals surface area contributed by atoms with Gasteiger partial charge in [0, 0.05) is 61.2 Å². The number of ether oxygens (including phenoxy) is 15. The van der Waals surface area contributed by atoms with Gasteiger partial charge in [-0.3, -0.25) is 62.3 Å². The van der Waals surface area contributed by atoms with Crippen molar-refractivity contribution in [2.24, 2.45) is 114 Å². The third kappa shape index (κ3) is 30.0. The average Bonchev–Trinajstić information content (AvgIpc) is 1.61. The van der Waals surface area contributed by atoms with Crippen LogP contribution >= 0.6 is 0 Å². The summed E-state index contributed by atoms with van der Waals surface area (Å²) < 4.78 is 79.8. The van der Waals surface area contributed by atoms with E-state index in [9.17, 15) is 77.2 Å². The van der Waals surface area contributed by atoms with Crippen LogP contribution in [0.1, 0.15) is 411 Å². The van der Waals surface area contributed by atoms with Crippen molar-refractivity contribution in [3.8, 4) is 6.07 Å². The van der Waals surface area contributed by atoms with Crippen molar-refractivity contribution in [2.75, 3.05) is 26.4 Å². The summed E-state index contributed by atoms with van der Waals surface area (Å²) in [6.45, 7) is 44.8. The number of hydrogen-bond acceptors (Lipinski definition) is 31. The van der Waals surface area contributed by atoms with E-state index in [1.54, 1.807) is 20.8 Å². The normalized spacial score (nSPS) is 31.7. The highest BCUT2D eigenvalue weighted by Crippen LogP contribution is 2.66. The maximum absolute atomic E-state index is 13.1. The molecule has 0 aromatic rings. The Labute approximate surface area is 856 Å². The molecule has 22 atom stereocenters. The maximum atomic E-state index is 13.1. The molecule has 31 nitrogen and oxygen atoms in total. The second-order valence-electron chi connectivity index (χ2n) is 43.7. The van der Waals surface area contributed by atoms with Crippen molar-refractivity contribution in [1.82, 2.24) is 0 Å². The summed E-state index contributed by atoms with van der Waals surface area (Å²) in [6.07, 6.45) is 12.3. The fraction of sp³-hybridized carbons (Fsp3) is 0.856. The monoisotopic (exact) mass is 2030 g/mol. The quantitative estimate of drug-likeness (QED) is 0.0677. The minimum atomic E-state index is -0.974. The summed E-state index contributed by atoms with van der Waals surface area (Å²) in [5.41, 5.74) is -6.32. The highest BCUT2D eigenvalue weighted by Gasteiger charge is 2.73.